The van der Waals surface area contributed by atoms with E-state index in [1.807, 2.05) is 0 Å². The van der Waals surface area contributed by atoms with Crippen LogP contribution in [0.3, 0.4) is 0 Å². The maximum atomic E-state index is 12.4. The first kappa shape index (κ1) is 18.0. The zero-order valence-electron chi connectivity index (χ0n) is 16.0. The van der Waals surface area contributed by atoms with Gasteiger partial charge in [0.25, 0.3) is 0 Å². The van der Waals surface area contributed by atoms with Crippen molar-refractivity contribution in [2.75, 3.05) is 6.61 Å². The molecular weight excluding hydrogens is 312 g/mol. The van der Waals surface area contributed by atoms with Gasteiger partial charge in [-0.1, -0.05) is 20.3 Å². The van der Waals surface area contributed by atoms with Crippen LogP contribution in [-0.2, 0) is 4.79 Å². The minimum Gasteiger partial charge on any atom is -0.393 e. The first-order valence-electron chi connectivity index (χ1n) is 10.7. The molecule has 8 atom stereocenters. The zero-order valence-corrected chi connectivity index (χ0v) is 16.0. The smallest absolute Gasteiger partial charge is 0.161 e. The molecule has 0 aromatic rings. The van der Waals surface area contributed by atoms with Crippen molar-refractivity contribution < 1.29 is 15.0 Å². The molecule has 142 valence electrons. The van der Waals surface area contributed by atoms with E-state index in [0.29, 0.717) is 17.3 Å². The van der Waals surface area contributed by atoms with Crippen molar-refractivity contribution in [2.24, 2.45) is 40.4 Å². The lowest BCUT2D eigenvalue weighted by atomic mass is 9.41. The Hall–Kier alpha value is -0.410. The van der Waals surface area contributed by atoms with Gasteiger partial charge in [0, 0.05) is 5.92 Å². The monoisotopic (exact) mass is 348 g/mol. The summed E-state index contributed by atoms with van der Waals surface area (Å²) >= 11 is 0. The maximum absolute atomic E-state index is 12.4. The summed E-state index contributed by atoms with van der Waals surface area (Å²) in [5.74, 6) is 3.05. The minimum absolute atomic E-state index is 0.0790. The molecule has 0 aromatic heterocycles. The van der Waals surface area contributed by atoms with Crippen LogP contribution >= 0.6 is 0 Å². The Labute approximate surface area is 152 Å². The van der Waals surface area contributed by atoms with Crippen LogP contribution in [0.2, 0.25) is 0 Å². The highest BCUT2D eigenvalue weighted by molar-refractivity contribution is 5.83. The average molecular weight is 349 g/mol. The molecule has 0 aliphatic heterocycles. The summed E-state index contributed by atoms with van der Waals surface area (Å²) in [6.07, 6.45) is 11.4. The quantitative estimate of drug-likeness (QED) is 0.794. The molecule has 4 fully saturated rings. The van der Waals surface area contributed by atoms with E-state index < -0.39 is 0 Å². The first-order chi connectivity index (χ1) is 11.9. The van der Waals surface area contributed by atoms with E-state index in [4.69, 9.17) is 0 Å². The van der Waals surface area contributed by atoms with E-state index in [1.54, 1.807) is 0 Å². The molecule has 25 heavy (non-hydrogen) atoms. The molecule has 0 radical (unpaired) electrons. The van der Waals surface area contributed by atoms with Gasteiger partial charge in [0.15, 0.2) is 5.78 Å². The maximum Gasteiger partial charge on any atom is 0.161 e. The van der Waals surface area contributed by atoms with Gasteiger partial charge in [-0.2, -0.15) is 0 Å². The molecule has 2 N–H and O–H groups in total. The highest BCUT2D eigenvalue weighted by Crippen LogP contribution is 2.66. The van der Waals surface area contributed by atoms with Crippen LogP contribution in [0.15, 0.2) is 0 Å². The van der Waals surface area contributed by atoms with Crippen molar-refractivity contribution >= 4 is 5.78 Å². The molecule has 4 saturated carbocycles. The molecule has 3 heteroatoms. The summed E-state index contributed by atoms with van der Waals surface area (Å²) in [5, 5.41) is 19.6. The van der Waals surface area contributed by atoms with E-state index in [9.17, 15) is 15.0 Å². The van der Waals surface area contributed by atoms with Crippen molar-refractivity contribution in [3.05, 3.63) is 0 Å². The minimum atomic E-state index is -0.279. The van der Waals surface area contributed by atoms with Crippen LogP contribution in [0.1, 0.15) is 78.1 Å². The third-order valence-corrected chi connectivity index (χ3v) is 9.42. The van der Waals surface area contributed by atoms with E-state index >= 15 is 0 Å². The molecule has 4 rings (SSSR count). The predicted molar refractivity (Wildman–Crippen MR) is 97.9 cm³/mol. The van der Waals surface area contributed by atoms with Crippen LogP contribution < -0.4 is 0 Å². The summed E-state index contributed by atoms with van der Waals surface area (Å²) in [6, 6.07) is 0. The Balaban J connectivity index is 1.61. The third kappa shape index (κ3) is 2.64. The Morgan fingerprint density at radius 3 is 2.44 bits per heavy atom. The molecule has 0 amide bonds. The molecule has 0 heterocycles. The third-order valence-electron chi connectivity index (χ3n) is 9.42. The second kappa shape index (κ2) is 6.34. The number of Topliss-reactive ketones (excluding diaryl/α,β-unsaturated/α-hetero) is 1. The van der Waals surface area contributed by atoms with Gasteiger partial charge in [-0.05, 0) is 92.3 Å². The molecule has 0 bridgehead atoms. The summed E-state index contributed by atoms with van der Waals surface area (Å²) in [5.41, 5.74) is 0.508. The number of carbonyl (C=O) groups excluding carboxylic acids is 1. The van der Waals surface area contributed by atoms with E-state index in [0.717, 1.165) is 43.9 Å². The Morgan fingerprint density at radius 2 is 1.68 bits per heavy atom. The number of ketones is 1. The molecule has 7 unspecified atom stereocenters. The van der Waals surface area contributed by atoms with Crippen molar-refractivity contribution in [3.63, 3.8) is 0 Å². The van der Waals surface area contributed by atoms with Crippen LogP contribution in [0.25, 0.3) is 0 Å². The molecular formula is C22H36O3. The number of rotatable bonds is 2. The fourth-order valence-corrected chi connectivity index (χ4v) is 8.07. The SMILES string of the molecule is CC12CC[C@@H](O)CC1CCC1C2CCC2(C)C(C(=O)CO)CCCC12. The highest BCUT2D eigenvalue weighted by Gasteiger charge is 2.59. The Morgan fingerprint density at radius 1 is 0.960 bits per heavy atom. The van der Waals surface area contributed by atoms with Gasteiger partial charge in [-0.25, -0.2) is 0 Å². The fourth-order valence-electron chi connectivity index (χ4n) is 8.07. The molecule has 4 aliphatic rings. The predicted octanol–water partition coefficient (Wildman–Crippen LogP) is 3.96. The lowest BCUT2D eigenvalue weighted by Crippen LogP contribution is -2.57. The van der Waals surface area contributed by atoms with Crippen molar-refractivity contribution in [3.8, 4) is 0 Å². The van der Waals surface area contributed by atoms with Gasteiger partial charge in [0.2, 0.25) is 0 Å². The molecule has 4 aliphatic carbocycles. The molecule has 0 spiro atoms. The lowest BCUT2D eigenvalue weighted by Gasteiger charge is -2.63. The van der Waals surface area contributed by atoms with Crippen molar-refractivity contribution in [2.45, 2.75) is 84.2 Å². The number of hydrogen-bond acceptors (Lipinski definition) is 3. The molecule has 0 aromatic carbocycles. The van der Waals surface area contributed by atoms with Crippen LogP contribution in [-0.4, -0.2) is 28.7 Å². The number of fused-ring (bicyclic) bond motifs is 5. The van der Waals surface area contributed by atoms with Crippen LogP contribution in [0.4, 0.5) is 0 Å². The second-order valence-electron chi connectivity index (χ2n) is 10.2. The highest BCUT2D eigenvalue weighted by atomic mass is 16.3. The first-order valence-corrected chi connectivity index (χ1v) is 10.7. The van der Waals surface area contributed by atoms with E-state index in [2.05, 4.69) is 13.8 Å². The standard InChI is InChI=1S/C22H36O3/c1-21-10-8-15(24)12-14(21)6-7-16-17-4-3-5-19(20(25)13-23)22(17,2)11-9-18(16)21/h14-19,23-24H,3-13H2,1-2H3/t14?,15-,16?,17?,18?,19?,21?,22?/m1/s1. The largest absolute Gasteiger partial charge is 0.393 e. The second-order valence-corrected chi connectivity index (χ2v) is 10.2. The summed E-state index contributed by atoms with van der Waals surface area (Å²) in [7, 11) is 0. The molecule has 0 saturated heterocycles. The number of aliphatic hydroxyl groups is 2. The normalized spacial score (nSPS) is 52.6. The summed E-state index contributed by atoms with van der Waals surface area (Å²) < 4.78 is 0. The van der Waals surface area contributed by atoms with Gasteiger partial charge in [0.1, 0.15) is 6.61 Å². The fraction of sp³-hybridized carbons (Fsp3) is 0.955. The van der Waals surface area contributed by atoms with Crippen LogP contribution in [0, 0.1) is 40.4 Å². The van der Waals surface area contributed by atoms with E-state index in [-0.39, 0.29) is 29.8 Å². The van der Waals surface area contributed by atoms with Crippen molar-refractivity contribution in [1.29, 1.82) is 0 Å². The van der Waals surface area contributed by atoms with Crippen molar-refractivity contribution in [1.82, 2.24) is 0 Å². The van der Waals surface area contributed by atoms with Gasteiger partial charge in [-0.15, -0.1) is 0 Å². The topological polar surface area (TPSA) is 57.5 Å². The van der Waals surface area contributed by atoms with Gasteiger partial charge >= 0.3 is 0 Å². The summed E-state index contributed by atoms with van der Waals surface area (Å²) in [4.78, 5) is 12.4. The van der Waals surface area contributed by atoms with Gasteiger partial charge < -0.3 is 10.2 Å². The average Bonchev–Trinajstić information content (AvgIpc) is 2.60. The zero-order chi connectivity index (χ0) is 17.8. The number of hydrogen-bond donors (Lipinski definition) is 2. The van der Waals surface area contributed by atoms with Crippen LogP contribution in [0.5, 0.6) is 0 Å². The summed E-state index contributed by atoms with van der Waals surface area (Å²) in [6.45, 7) is 4.60. The van der Waals surface area contributed by atoms with E-state index in [1.165, 1.54) is 32.1 Å². The Kier molecular flexibility index (Phi) is 4.56. The van der Waals surface area contributed by atoms with Gasteiger partial charge in [-0.3, -0.25) is 4.79 Å². The molecule has 3 nitrogen and oxygen atoms in total. The number of carbonyl (C=O) groups is 1. The Bertz CT molecular complexity index is 531. The van der Waals surface area contributed by atoms with Gasteiger partial charge in [0.05, 0.1) is 6.10 Å². The lowest BCUT2D eigenvalue weighted by molar-refractivity contribution is -0.161. The number of aliphatic hydroxyl groups excluding tert-OH is 2.